The van der Waals surface area contributed by atoms with Gasteiger partial charge in [-0.15, -0.1) is 0 Å². The summed E-state index contributed by atoms with van der Waals surface area (Å²) >= 11 is 0. The topological polar surface area (TPSA) is 91.8 Å². The number of aryl methyl sites for hydroxylation is 1. The van der Waals surface area contributed by atoms with Crippen molar-refractivity contribution < 1.29 is 19.4 Å². The van der Waals surface area contributed by atoms with Crippen LogP contribution in [0.5, 0.6) is 0 Å². The molecule has 0 aliphatic carbocycles. The molecule has 1 heterocycles. The van der Waals surface area contributed by atoms with Crippen LogP contribution in [-0.2, 0) is 4.74 Å². The van der Waals surface area contributed by atoms with Crippen molar-refractivity contribution in [3.63, 3.8) is 0 Å². The third kappa shape index (κ3) is 5.88. The number of nitrogens with zero attached hydrogens (tertiary/aromatic N) is 2. The van der Waals surface area contributed by atoms with E-state index in [-0.39, 0.29) is 17.2 Å². The van der Waals surface area contributed by atoms with Crippen molar-refractivity contribution in [2.75, 3.05) is 40.4 Å². The third-order valence-corrected chi connectivity index (χ3v) is 2.76. The van der Waals surface area contributed by atoms with E-state index in [2.05, 4.69) is 10.3 Å². The van der Waals surface area contributed by atoms with Gasteiger partial charge in [0.15, 0.2) is 0 Å². The fraction of sp³-hybridized carbons (Fsp3) is 0.500. The van der Waals surface area contributed by atoms with E-state index in [1.54, 1.807) is 6.92 Å². The van der Waals surface area contributed by atoms with Gasteiger partial charge in [-0.3, -0.25) is 4.79 Å². The van der Waals surface area contributed by atoms with Gasteiger partial charge < -0.3 is 20.1 Å². The van der Waals surface area contributed by atoms with Gasteiger partial charge in [0.1, 0.15) is 5.69 Å². The van der Waals surface area contributed by atoms with E-state index < -0.39 is 5.97 Å². The molecule has 0 saturated carbocycles. The quantitative estimate of drug-likeness (QED) is 0.674. The summed E-state index contributed by atoms with van der Waals surface area (Å²) in [5, 5.41) is 11.6. The number of rotatable bonds is 8. The predicted molar refractivity (Wildman–Crippen MR) is 77.6 cm³/mol. The lowest BCUT2D eigenvalue weighted by molar-refractivity contribution is 0.0694. The maximum atomic E-state index is 11.8. The van der Waals surface area contributed by atoms with Crippen LogP contribution in [0.3, 0.4) is 0 Å². The van der Waals surface area contributed by atoms with Crippen molar-refractivity contribution in [1.29, 1.82) is 0 Å². The van der Waals surface area contributed by atoms with Crippen LogP contribution < -0.4 is 5.32 Å². The zero-order valence-electron chi connectivity index (χ0n) is 12.5. The van der Waals surface area contributed by atoms with Crippen LogP contribution in [0.2, 0.25) is 0 Å². The molecule has 0 aliphatic heterocycles. The maximum Gasteiger partial charge on any atom is 0.337 e. The lowest BCUT2D eigenvalue weighted by atomic mass is 10.2. The van der Waals surface area contributed by atoms with Gasteiger partial charge in [0.05, 0.1) is 24.5 Å². The molecule has 7 nitrogen and oxygen atoms in total. The highest BCUT2D eigenvalue weighted by Crippen LogP contribution is 2.06. The molecule has 1 aromatic heterocycles. The van der Waals surface area contributed by atoms with E-state index in [0.717, 1.165) is 6.54 Å². The number of hydrogen-bond donors (Lipinski definition) is 2. The highest BCUT2D eigenvalue weighted by Gasteiger charge is 2.12. The Bertz CT molecular complexity index is 503. The van der Waals surface area contributed by atoms with E-state index in [9.17, 15) is 9.59 Å². The first-order chi connectivity index (χ1) is 9.91. The molecular weight excluding hydrogens is 274 g/mol. The second-order valence-electron chi connectivity index (χ2n) is 4.81. The Morgan fingerprint density at radius 2 is 2.05 bits per heavy atom. The second kappa shape index (κ2) is 8.33. The number of aromatic nitrogens is 1. The van der Waals surface area contributed by atoms with Crippen LogP contribution in [-0.4, -0.2) is 67.3 Å². The highest BCUT2D eigenvalue weighted by atomic mass is 16.5. The minimum Gasteiger partial charge on any atom is -0.478 e. The van der Waals surface area contributed by atoms with Crippen LogP contribution >= 0.6 is 0 Å². The third-order valence-electron chi connectivity index (χ3n) is 2.76. The fourth-order valence-electron chi connectivity index (χ4n) is 1.59. The summed E-state index contributed by atoms with van der Waals surface area (Å²) in [5.74, 6) is -1.40. The summed E-state index contributed by atoms with van der Waals surface area (Å²) in [4.78, 5) is 28.7. The van der Waals surface area contributed by atoms with Gasteiger partial charge in [-0.2, -0.15) is 0 Å². The van der Waals surface area contributed by atoms with Crippen molar-refractivity contribution in [3.8, 4) is 0 Å². The molecule has 21 heavy (non-hydrogen) atoms. The van der Waals surface area contributed by atoms with Crippen LogP contribution in [0.1, 0.15) is 26.5 Å². The Kier molecular flexibility index (Phi) is 6.77. The number of carboxylic acids is 1. The van der Waals surface area contributed by atoms with Crippen molar-refractivity contribution in [3.05, 3.63) is 29.1 Å². The zero-order valence-corrected chi connectivity index (χ0v) is 12.5. The number of carbonyl (C=O) groups is 2. The second-order valence-corrected chi connectivity index (χ2v) is 4.81. The van der Waals surface area contributed by atoms with E-state index in [1.807, 2.05) is 19.0 Å². The lowest BCUT2D eigenvalue weighted by Gasteiger charge is -2.10. The first kappa shape index (κ1) is 17.1. The zero-order chi connectivity index (χ0) is 15.8. The Hall–Kier alpha value is -1.99. The van der Waals surface area contributed by atoms with E-state index in [0.29, 0.717) is 25.5 Å². The van der Waals surface area contributed by atoms with Crippen LogP contribution in [0.15, 0.2) is 12.1 Å². The van der Waals surface area contributed by atoms with Gasteiger partial charge in [-0.05, 0) is 33.2 Å². The highest BCUT2D eigenvalue weighted by molar-refractivity contribution is 5.94. The van der Waals surface area contributed by atoms with Gasteiger partial charge >= 0.3 is 5.97 Å². The number of ether oxygens (including phenoxy) is 1. The van der Waals surface area contributed by atoms with Gasteiger partial charge in [0.2, 0.25) is 0 Å². The molecule has 1 aromatic rings. The van der Waals surface area contributed by atoms with E-state index in [4.69, 9.17) is 9.84 Å². The van der Waals surface area contributed by atoms with Gasteiger partial charge in [-0.25, -0.2) is 9.78 Å². The number of likely N-dealkylation sites (N-methyl/N-ethyl adjacent to an activating group) is 1. The average Bonchev–Trinajstić information content (AvgIpc) is 2.41. The summed E-state index contributed by atoms with van der Waals surface area (Å²) < 4.78 is 5.35. The molecule has 0 aromatic carbocycles. The van der Waals surface area contributed by atoms with Crippen LogP contribution in [0.25, 0.3) is 0 Å². The van der Waals surface area contributed by atoms with E-state index in [1.165, 1.54) is 12.1 Å². The van der Waals surface area contributed by atoms with Gasteiger partial charge in [0.25, 0.3) is 5.91 Å². The molecule has 2 N–H and O–H groups in total. The molecule has 116 valence electrons. The molecule has 1 amide bonds. The number of carboxylic acid groups (broad SMARTS) is 1. The van der Waals surface area contributed by atoms with Crippen molar-refractivity contribution in [2.24, 2.45) is 0 Å². The van der Waals surface area contributed by atoms with E-state index >= 15 is 0 Å². The molecule has 0 unspecified atom stereocenters. The number of hydrogen-bond acceptors (Lipinski definition) is 5. The normalized spacial score (nSPS) is 10.7. The number of nitrogens with one attached hydrogen (secondary N) is 1. The molecular formula is C14H21N3O4. The minimum atomic E-state index is -1.05. The molecule has 0 aliphatic rings. The molecule has 0 bridgehead atoms. The largest absolute Gasteiger partial charge is 0.478 e. The maximum absolute atomic E-state index is 11.8. The molecule has 0 atom stereocenters. The van der Waals surface area contributed by atoms with Crippen molar-refractivity contribution in [2.45, 2.75) is 6.92 Å². The molecule has 1 rings (SSSR count). The molecule has 7 heteroatoms. The van der Waals surface area contributed by atoms with Gasteiger partial charge in [0, 0.05) is 13.1 Å². The summed E-state index contributed by atoms with van der Waals surface area (Å²) in [6.07, 6.45) is 0. The Morgan fingerprint density at radius 1 is 1.33 bits per heavy atom. The fourth-order valence-corrected chi connectivity index (χ4v) is 1.59. The Balaban J connectivity index is 2.39. The average molecular weight is 295 g/mol. The smallest absolute Gasteiger partial charge is 0.337 e. The SMILES string of the molecule is Cc1nc(C(=O)NCCOCCN(C)C)ccc1C(=O)O. The first-order valence-electron chi connectivity index (χ1n) is 6.63. The monoisotopic (exact) mass is 295 g/mol. The predicted octanol–water partition coefficient (Wildman–Crippen LogP) is 0.396. The molecule has 0 spiro atoms. The summed E-state index contributed by atoms with van der Waals surface area (Å²) in [5.41, 5.74) is 0.613. The summed E-state index contributed by atoms with van der Waals surface area (Å²) in [7, 11) is 3.92. The van der Waals surface area contributed by atoms with Crippen LogP contribution in [0.4, 0.5) is 0 Å². The summed E-state index contributed by atoms with van der Waals surface area (Å²) in [6, 6.07) is 2.78. The minimum absolute atomic E-state index is 0.0959. The molecule has 0 fully saturated rings. The van der Waals surface area contributed by atoms with Gasteiger partial charge in [-0.1, -0.05) is 0 Å². The summed E-state index contributed by atoms with van der Waals surface area (Å²) in [6.45, 7) is 3.79. The standard InChI is InChI=1S/C14H21N3O4/c1-10-11(14(19)20)4-5-12(16-10)13(18)15-6-8-21-9-7-17(2)3/h4-5H,6-9H2,1-3H3,(H,15,18)(H,19,20). The van der Waals surface area contributed by atoms with Crippen molar-refractivity contribution >= 4 is 11.9 Å². The Morgan fingerprint density at radius 3 is 2.62 bits per heavy atom. The Labute approximate surface area is 123 Å². The molecule has 0 saturated heterocycles. The lowest BCUT2D eigenvalue weighted by Crippen LogP contribution is -2.29. The number of amides is 1. The first-order valence-corrected chi connectivity index (χ1v) is 6.63. The number of pyridine rings is 1. The van der Waals surface area contributed by atoms with Crippen molar-refractivity contribution in [1.82, 2.24) is 15.2 Å². The van der Waals surface area contributed by atoms with Crippen LogP contribution in [0, 0.1) is 6.92 Å². The number of carbonyl (C=O) groups excluding carboxylic acids is 1. The molecule has 0 radical (unpaired) electrons. The number of aromatic carboxylic acids is 1.